The molecular formula is C22H26N2O3. The first-order chi connectivity index (χ1) is 12.9. The Kier molecular flexibility index (Phi) is 7.17. The van der Waals surface area contributed by atoms with Crippen molar-refractivity contribution in [2.45, 2.75) is 27.2 Å². The molecule has 0 heterocycles. The lowest BCUT2D eigenvalue weighted by Crippen LogP contribution is -2.29. The standard InChI is InChI=1S/C22H26N2O3/c1-5-12-23-22(26)24-19-9-7-18(8-10-19)20(25)11-6-17-13-15(2)21(27-4)16(3)14-17/h6-11,13-14H,5,12H2,1-4H3,(H2,23,24,26)/b11-6+. The summed E-state index contributed by atoms with van der Waals surface area (Å²) in [5.74, 6) is 0.771. The molecule has 142 valence electrons. The smallest absolute Gasteiger partial charge is 0.319 e. The van der Waals surface area contributed by atoms with Crippen molar-refractivity contribution in [2.75, 3.05) is 19.0 Å². The van der Waals surface area contributed by atoms with Gasteiger partial charge in [0.2, 0.25) is 0 Å². The fourth-order valence-electron chi connectivity index (χ4n) is 2.80. The van der Waals surface area contributed by atoms with Crippen LogP contribution in [0.25, 0.3) is 6.08 Å². The average molecular weight is 366 g/mol. The van der Waals surface area contributed by atoms with Gasteiger partial charge in [-0.1, -0.05) is 13.0 Å². The largest absolute Gasteiger partial charge is 0.496 e. The van der Waals surface area contributed by atoms with Crippen molar-refractivity contribution in [1.82, 2.24) is 5.32 Å². The molecule has 5 nitrogen and oxygen atoms in total. The lowest BCUT2D eigenvalue weighted by molar-refractivity contribution is 0.104. The Morgan fingerprint density at radius 3 is 2.26 bits per heavy atom. The number of carbonyl (C=O) groups excluding carboxylic acids is 2. The van der Waals surface area contributed by atoms with Crippen molar-refractivity contribution in [3.8, 4) is 5.75 Å². The van der Waals surface area contributed by atoms with Crippen molar-refractivity contribution in [1.29, 1.82) is 0 Å². The van der Waals surface area contributed by atoms with Gasteiger partial charge in [-0.3, -0.25) is 4.79 Å². The van der Waals surface area contributed by atoms with E-state index in [0.717, 1.165) is 28.9 Å². The third kappa shape index (κ3) is 5.71. The first-order valence-electron chi connectivity index (χ1n) is 8.97. The van der Waals surface area contributed by atoms with Crippen LogP contribution in [-0.2, 0) is 0 Å². The maximum Gasteiger partial charge on any atom is 0.319 e. The minimum Gasteiger partial charge on any atom is -0.496 e. The van der Waals surface area contributed by atoms with E-state index in [0.29, 0.717) is 17.8 Å². The molecular weight excluding hydrogens is 340 g/mol. The molecule has 5 heteroatoms. The Morgan fingerprint density at radius 2 is 1.70 bits per heavy atom. The Balaban J connectivity index is 2.03. The summed E-state index contributed by atoms with van der Waals surface area (Å²) in [7, 11) is 1.65. The summed E-state index contributed by atoms with van der Waals surface area (Å²) in [4.78, 5) is 24.0. The number of urea groups is 1. The fraction of sp³-hybridized carbons (Fsp3) is 0.273. The highest BCUT2D eigenvalue weighted by molar-refractivity contribution is 6.07. The van der Waals surface area contributed by atoms with Crippen LogP contribution in [0.4, 0.5) is 10.5 Å². The molecule has 0 saturated heterocycles. The van der Waals surface area contributed by atoms with Crippen molar-refractivity contribution in [3.05, 3.63) is 64.7 Å². The summed E-state index contributed by atoms with van der Waals surface area (Å²) in [6, 6.07) is 10.6. The molecule has 2 aromatic rings. The van der Waals surface area contributed by atoms with E-state index in [9.17, 15) is 9.59 Å². The second kappa shape index (κ2) is 9.57. The predicted molar refractivity (Wildman–Crippen MR) is 110 cm³/mol. The van der Waals surface area contributed by atoms with Gasteiger partial charge in [-0.05, 0) is 79.4 Å². The van der Waals surface area contributed by atoms with Crippen molar-refractivity contribution >= 4 is 23.6 Å². The molecule has 0 atom stereocenters. The first-order valence-corrected chi connectivity index (χ1v) is 8.97. The van der Waals surface area contributed by atoms with Gasteiger partial charge >= 0.3 is 6.03 Å². The maximum absolute atomic E-state index is 12.4. The molecule has 2 N–H and O–H groups in total. The van der Waals surface area contributed by atoms with Gasteiger partial charge in [0.25, 0.3) is 0 Å². The van der Waals surface area contributed by atoms with Crippen LogP contribution in [0, 0.1) is 13.8 Å². The first kappa shape index (κ1) is 20.2. The van der Waals surface area contributed by atoms with Crippen LogP contribution in [-0.4, -0.2) is 25.5 Å². The van der Waals surface area contributed by atoms with Crippen molar-refractivity contribution < 1.29 is 14.3 Å². The molecule has 0 aliphatic heterocycles. The molecule has 0 fully saturated rings. The molecule has 2 aromatic carbocycles. The number of amides is 2. The van der Waals surface area contributed by atoms with Gasteiger partial charge in [-0.15, -0.1) is 0 Å². The normalized spacial score (nSPS) is 10.7. The Morgan fingerprint density at radius 1 is 1.07 bits per heavy atom. The molecule has 2 rings (SSSR count). The second-order valence-corrected chi connectivity index (χ2v) is 6.34. The van der Waals surface area contributed by atoms with E-state index >= 15 is 0 Å². The number of carbonyl (C=O) groups is 2. The number of benzene rings is 2. The van der Waals surface area contributed by atoms with Gasteiger partial charge < -0.3 is 15.4 Å². The molecule has 0 aliphatic rings. The summed E-state index contributed by atoms with van der Waals surface area (Å²) in [6.07, 6.45) is 4.23. The number of methoxy groups -OCH3 is 1. The lowest BCUT2D eigenvalue weighted by atomic mass is 10.0. The minimum atomic E-state index is -0.249. The Labute approximate surface area is 160 Å². The lowest BCUT2D eigenvalue weighted by Gasteiger charge is -2.09. The molecule has 0 aliphatic carbocycles. The van der Waals surface area contributed by atoms with Crippen LogP contribution in [0.1, 0.15) is 40.4 Å². The summed E-state index contributed by atoms with van der Waals surface area (Å²) in [5, 5.41) is 5.47. The zero-order chi connectivity index (χ0) is 19.8. The number of rotatable bonds is 7. The van der Waals surface area contributed by atoms with Gasteiger partial charge in [-0.25, -0.2) is 4.79 Å². The van der Waals surface area contributed by atoms with Crippen LogP contribution >= 0.6 is 0 Å². The van der Waals surface area contributed by atoms with E-state index in [4.69, 9.17) is 4.74 Å². The zero-order valence-corrected chi connectivity index (χ0v) is 16.3. The van der Waals surface area contributed by atoms with Crippen LogP contribution < -0.4 is 15.4 Å². The van der Waals surface area contributed by atoms with E-state index in [2.05, 4.69) is 10.6 Å². The molecule has 0 bridgehead atoms. The van der Waals surface area contributed by atoms with Crippen molar-refractivity contribution in [3.63, 3.8) is 0 Å². The third-order valence-corrected chi connectivity index (χ3v) is 4.08. The number of nitrogens with one attached hydrogen (secondary N) is 2. The maximum atomic E-state index is 12.4. The average Bonchev–Trinajstić information content (AvgIpc) is 2.65. The highest BCUT2D eigenvalue weighted by Gasteiger charge is 2.06. The fourth-order valence-corrected chi connectivity index (χ4v) is 2.80. The van der Waals surface area contributed by atoms with E-state index < -0.39 is 0 Å². The van der Waals surface area contributed by atoms with E-state index in [-0.39, 0.29) is 11.8 Å². The van der Waals surface area contributed by atoms with Crippen LogP contribution in [0.15, 0.2) is 42.5 Å². The molecule has 0 spiro atoms. The number of hydrogen-bond donors (Lipinski definition) is 2. The van der Waals surface area contributed by atoms with E-state index in [1.54, 1.807) is 43.5 Å². The number of allylic oxidation sites excluding steroid dienone is 1. The molecule has 0 aromatic heterocycles. The van der Waals surface area contributed by atoms with Gasteiger partial charge in [-0.2, -0.15) is 0 Å². The van der Waals surface area contributed by atoms with Gasteiger partial charge in [0.15, 0.2) is 5.78 Å². The van der Waals surface area contributed by atoms with Crippen LogP contribution in [0.2, 0.25) is 0 Å². The number of anilines is 1. The minimum absolute atomic E-state index is 0.0943. The number of hydrogen-bond acceptors (Lipinski definition) is 3. The molecule has 2 amide bonds. The topological polar surface area (TPSA) is 67.4 Å². The Bertz CT molecular complexity index is 816. The zero-order valence-electron chi connectivity index (χ0n) is 16.3. The Hall–Kier alpha value is -3.08. The molecule has 0 unspecified atom stereocenters. The number of aryl methyl sites for hydroxylation is 2. The quantitative estimate of drug-likeness (QED) is 0.549. The highest BCUT2D eigenvalue weighted by atomic mass is 16.5. The van der Waals surface area contributed by atoms with Crippen molar-refractivity contribution in [2.24, 2.45) is 0 Å². The van der Waals surface area contributed by atoms with Crippen LogP contribution in [0.3, 0.4) is 0 Å². The van der Waals surface area contributed by atoms with Gasteiger partial charge in [0.05, 0.1) is 7.11 Å². The van der Waals surface area contributed by atoms with Gasteiger partial charge in [0, 0.05) is 17.8 Å². The third-order valence-electron chi connectivity index (χ3n) is 4.08. The molecule has 0 radical (unpaired) electrons. The highest BCUT2D eigenvalue weighted by Crippen LogP contribution is 2.25. The predicted octanol–water partition coefficient (Wildman–Crippen LogP) is 4.74. The number of ketones is 1. The van der Waals surface area contributed by atoms with Crippen LogP contribution in [0.5, 0.6) is 5.75 Å². The van der Waals surface area contributed by atoms with Gasteiger partial charge in [0.1, 0.15) is 5.75 Å². The monoisotopic (exact) mass is 366 g/mol. The summed E-state index contributed by atoms with van der Waals surface area (Å²) in [5.41, 5.74) is 4.21. The second-order valence-electron chi connectivity index (χ2n) is 6.34. The SMILES string of the molecule is CCCNC(=O)Nc1ccc(C(=O)/C=C/c2cc(C)c(OC)c(C)c2)cc1. The molecule has 0 saturated carbocycles. The summed E-state index contributed by atoms with van der Waals surface area (Å²) in [6.45, 7) is 6.57. The summed E-state index contributed by atoms with van der Waals surface area (Å²) < 4.78 is 5.36. The number of ether oxygens (including phenoxy) is 1. The van der Waals surface area contributed by atoms with E-state index in [1.807, 2.05) is 32.9 Å². The summed E-state index contributed by atoms with van der Waals surface area (Å²) >= 11 is 0. The molecule has 27 heavy (non-hydrogen) atoms. The van der Waals surface area contributed by atoms with E-state index in [1.165, 1.54) is 0 Å².